The SMILES string of the molecule is O=Cc1cc([N+](=O)[O-])c(CCl)cc1O. The van der Waals surface area contributed by atoms with Gasteiger partial charge < -0.3 is 5.11 Å². The van der Waals surface area contributed by atoms with Crippen molar-refractivity contribution < 1.29 is 14.8 Å². The molecule has 0 aromatic heterocycles. The molecule has 0 amide bonds. The van der Waals surface area contributed by atoms with E-state index in [1.165, 1.54) is 0 Å². The summed E-state index contributed by atoms with van der Waals surface area (Å²) in [5, 5.41) is 19.7. The molecule has 0 aliphatic rings. The van der Waals surface area contributed by atoms with Gasteiger partial charge in [0, 0.05) is 11.6 Å². The molecule has 1 aromatic carbocycles. The topological polar surface area (TPSA) is 80.4 Å². The van der Waals surface area contributed by atoms with Crippen molar-refractivity contribution in [3.63, 3.8) is 0 Å². The first-order valence-corrected chi connectivity index (χ1v) is 4.15. The lowest BCUT2D eigenvalue weighted by Gasteiger charge is -2.01. The fourth-order valence-electron chi connectivity index (χ4n) is 1.01. The van der Waals surface area contributed by atoms with Crippen molar-refractivity contribution in [2.45, 2.75) is 5.88 Å². The first-order chi connectivity index (χ1) is 6.60. The molecule has 0 radical (unpaired) electrons. The summed E-state index contributed by atoms with van der Waals surface area (Å²) in [6, 6.07) is 2.12. The number of aldehydes is 1. The van der Waals surface area contributed by atoms with Crippen molar-refractivity contribution in [3.05, 3.63) is 33.4 Å². The molecule has 0 bridgehead atoms. The molecule has 1 aromatic rings. The molecule has 0 saturated heterocycles. The number of rotatable bonds is 3. The molecule has 0 fully saturated rings. The number of benzene rings is 1. The van der Waals surface area contributed by atoms with Gasteiger partial charge in [0.15, 0.2) is 6.29 Å². The van der Waals surface area contributed by atoms with Gasteiger partial charge in [0.25, 0.3) is 5.69 Å². The third-order valence-electron chi connectivity index (χ3n) is 1.70. The lowest BCUT2D eigenvalue weighted by Crippen LogP contribution is -1.95. The highest BCUT2D eigenvalue weighted by molar-refractivity contribution is 6.17. The highest BCUT2D eigenvalue weighted by atomic mass is 35.5. The molecule has 0 aliphatic carbocycles. The van der Waals surface area contributed by atoms with Gasteiger partial charge >= 0.3 is 0 Å². The Hall–Kier alpha value is -1.62. The average Bonchev–Trinajstić information content (AvgIpc) is 2.16. The molecule has 0 saturated carbocycles. The normalized spacial score (nSPS) is 9.79. The summed E-state index contributed by atoms with van der Waals surface area (Å²) < 4.78 is 0. The molecule has 6 heteroatoms. The minimum Gasteiger partial charge on any atom is -0.507 e. The molecule has 1 N–H and O–H groups in total. The van der Waals surface area contributed by atoms with Crippen LogP contribution in [-0.2, 0) is 5.88 Å². The summed E-state index contributed by atoms with van der Waals surface area (Å²) in [7, 11) is 0. The predicted molar refractivity (Wildman–Crippen MR) is 49.7 cm³/mol. The number of carbonyl (C=O) groups is 1. The molecule has 0 spiro atoms. The van der Waals surface area contributed by atoms with Crippen LogP contribution >= 0.6 is 11.6 Å². The molecule has 14 heavy (non-hydrogen) atoms. The van der Waals surface area contributed by atoms with Crippen LogP contribution in [0, 0.1) is 10.1 Å². The Kier molecular flexibility index (Phi) is 3.03. The van der Waals surface area contributed by atoms with E-state index in [-0.39, 0.29) is 28.4 Å². The third-order valence-corrected chi connectivity index (χ3v) is 1.98. The van der Waals surface area contributed by atoms with Gasteiger partial charge in [-0.25, -0.2) is 0 Å². The number of nitro benzene ring substituents is 1. The van der Waals surface area contributed by atoms with Gasteiger partial charge in [0.2, 0.25) is 0 Å². The minimum atomic E-state index is -0.649. The number of halogens is 1. The molecular weight excluding hydrogens is 210 g/mol. The predicted octanol–water partition coefficient (Wildman–Crippen LogP) is 1.85. The molecule has 0 aliphatic heterocycles. The smallest absolute Gasteiger partial charge is 0.274 e. The van der Waals surface area contributed by atoms with Gasteiger partial charge in [-0.15, -0.1) is 11.6 Å². The second-order valence-electron chi connectivity index (χ2n) is 2.55. The lowest BCUT2D eigenvalue weighted by atomic mass is 10.1. The van der Waals surface area contributed by atoms with Gasteiger partial charge in [-0.3, -0.25) is 14.9 Å². The largest absolute Gasteiger partial charge is 0.507 e. The third kappa shape index (κ3) is 1.82. The number of nitro groups is 1. The first kappa shape index (κ1) is 10.5. The fraction of sp³-hybridized carbons (Fsp3) is 0.125. The van der Waals surface area contributed by atoms with Crippen molar-refractivity contribution in [2.24, 2.45) is 0 Å². The second-order valence-corrected chi connectivity index (χ2v) is 2.82. The highest BCUT2D eigenvalue weighted by Gasteiger charge is 2.16. The van der Waals surface area contributed by atoms with Gasteiger partial charge in [-0.05, 0) is 6.07 Å². The van der Waals surface area contributed by atoms with Crippen LogP contribution < -0.4 is 0 Å². The van der Waals surface area contributed by atoms with Crippen LogP contribution in [0.3, 0.4) is 0 Å². The monoisotopic (exact) mass is 215 g/mol. The Balaban J connectivity index is 3.39. The Bertz CT molecular complexity index is 391. The van der Waals surface area contributed by atoms with Crippen LogP contribution in [-0.4, -0.2) is 16.3 Å². The minimum absolute atomic E-state index is 0.0942. The number of alkyl halides is 1. The zero-order valence-corrected chi connectivity index (χ0v) is 7.69. The van der Waals surface area contributed by atoms with Gasteiger partial charge in [0.1, 0.15) is 5.75 Å². The first-order valence-electron chi connectivity index (χ1n) is 3.61. The van der Waals surface area contributed by atoms with E-state index >= 15 is 0 Å². The average molecular weight is 216 g/mol. The number of phenolic OH excluding ortho intramolecular Hbond substituents is 1. The Labute approximate surface area is 84.1 Å². The number of hydrogen-bond acceptors (Lipinski definition) is 4. The summed E-state index contributed by atoms with van der Waals surface area (Å²) in [4.78, 5) is 20.2. The zero-order chi connectivity index (χ0) is 10.7. The van der Waals surface area contributed by atoms with Crippen molar-refractivity contribution >= 4 is 23.6 Å². The molecule has 0 unspecified atom stereocenters. The van der Waals surface area contributed by atoms with E-state index in [2.05, 4.69) is 0 Å². The van der Waals surface area contributed by atoms with E-state index in [0.717, 1.165) is 12.1 Å². The van der Waals surface area contributed by atoms with E-state index in [1.54, 1.807) is 0 Å². The number of carbonyl (C=O) groups excluding carboxylic acids is 1. The van der Waals surface area contributed by atoms with Crippen LogP contribution in [0.1, 0.15) is 15.9 Å². The molecule has 74 valence electrons. The van der Waals surface area contributed by atoms with Crippen LogP contribution in [0.4, 0.5) is 5.69 Å². The van der Waals surface area contributed by atoms with Gasteiger partial charge in [0.05, 0.1) is 16.4 Å². The van der Waals surface area contributed by atoms with Gasteiger partial charge in [-0.2, -0.15) is 0 Å². The zero-order valence-electron chi connectivity index (χ0n) is 6.94. The maximum atomic E-state index is 10.5. The summed E-state index contributed by atoms with van der Waals surface area (Å²) in [5.41, 5.74) is -0.203. The number of hydrogen-bond donors (Lipinski definition) is 1. The van der Waals surface area contributed by atoms with Crippen molar-refractivity contribution in [3.8, 4) is 5.75 Å². The van der Waals surface area contributed by atoms with Crippen LogP contribution in [0.2, 0.25) is 0 Å². The second kappa shape index (κ2) is 4.06. The maximum absolute atomic E-state index is 10.5. The van der Waals surface area contributed by atoms with Crippen molar-refractivity contribution in [2.75, 3.05) is 0 Å². The van der Waals surface area contributed by atoms with E-state index in [1.807, 2.05) is 0 Å². The quantitative estimate of drug-likeness (QED) is 0.361. The van der Waals surface area contributed by atoms with Crippen molar-refractivity contribution in [1.29, 1.82) is 0 Å². The molecule has 1 rings (SSSR count). The number of aromatic hydroxyl groups is 1. The highest BCUT2D eigenvalue weighted by Crippen LogP contribution is 2.27. The number of phenols is 1. The van der Waals surface area contributed by atoms with E-state index in [0.29, 0.717) is 6.29 Å². The standard InChI is InChI=1S/C8H6ClNO4/c9-3-5-2-8(12)6(4-11)1-7(5)10(13)14/h1-2,4,12H,3H2. The summed E-state index contributed by atoms with van der Waals surface area (Å²) in [6.45, 7) is 0. The lowest BCUT2D eigenvalue weighted by molar-refractivity contribution is -0.385. The molecule has 0 atom stereocenters. The Morgan fingerprint density at radius 3 is 2.64 bits per heavy atom. The van der Waals surface area contributed by atoms with Crippen LogP contribution in [0.25, 0.3) is 0 Å². The summed E-state index contributed by atoms with van der Waals surface area (Å²) >= 11 is 5.44. The fourth-order valence-corrected chi connectivity index (χ4v) is 1.22. The number of nitrogens with zero attached hydrogens (tertiary/aromatic N) is 1. The van der Waals surface area contributed by atoms with Crippen LogP contribution in [0.5, 0.6) is 5.75 Å². The summed E-state index contributed by atoms with van der Waals surface area (Å²) in [6.07, 6.45) is 0.348. The summed E-state index contributed by atoms with van der Waals surface area (Å²) in [5.74, 6) is -0.399. The van der Waals surface area contributed by atoms with Gasteiger partial charge in [-0.1, -0.05) is 0 Å². The van der Waals surface area contributed by atoms with Crippen LogP contribution in [0.15, 0.2) is 12.1 Å². The molecule has 5 nitrogen and oxygen atoms in total. The maximum Gasteiger partial charge on any atom is 0.274 e. The van der Waals surface area contributed by atoms with E-state index in [9.17, 15) is 20.0 Å². The molecular formula is C8H6ClNO4. The Morgan fingerprint density at radius 1 is 1.57 bits per heavy atom. The van der Waals surface area contributed by atoms with Crippen molar-refractivity contribution in [1.82, 2.24) is 0 Å². The van der Waals surface area contributed by atoms with E-state index in [4.69, 9.17) is 11.6 Å². The molecule has 0 heterocycles. The Morgan fingerprint density at radius 2 is 2.21 bits per heavy atom. The van der Waals surface area contributed by atoms with E-state index < -0.39 is 4.92 Å².